The minimum absolute atomic E-state index is 0.227. The molecule has 2 heterocycles. The average Bonchev–Trinajstić information content (AvgIpc) is 3.04. The summed E-state index contributed by atoms with van der Waals surface area (Å²) in [6.45, 7) is 6.00. The predicted octanol–water partition coefficient (Wildman–Crippen LogP) is 3.59. The van der Waals surface area contributed by atoms with Crippen molar-refractivity contribution in [3.8, 4) is 5.69 Å². The Morgan fingerprint density at radius 1 is 1.22 bits per heavy atom. The molecule has 5 heteroatoms. The molecule has 2 aromatic rings. The molecule has 1 aromatic carbocycles. The second-order valence-corrected chi connectivity index (χ2v) is 7.04. The molecule has 4 nitrogen and oxygen atoms in total. The summed E-state index contributed by atoms with van der Waals surface area (Å²) >= 11 is 1.53. The molecule has 122 valence electrons. The molecule has 0 spiro atoms. The Hall–Kier alpha value is -1.75. The van der Waals surface area contributed by atoms with Crippen molar-refractivity contribution in [1.82, 2.24) is 14.5 Å². The van der Waals surface area contributed by atoms with Gasteiger partial charge < -0.3 is 4.90 Å². The van der Waals surface area contributed by atoms with Gasteiger partial charge in [-0.15, -0.1) is 0 Å². The van der Waals surface area contributed by atoms with Gasteiger partial charge in [-0.05, 0) is 50.3 Å². The Bertz CT molecular complexity index is 689. The first-order valence-corrected chi connectivity index (χ1v) is 9.15. The summed E-state index contributed by atoms with van der Waals surface area (Å²) in [4.78, 5) is 18.8. The topological polar surface area (TPSA) is 38.1 Å². The highest BCUT2D eigenvalue weighted by molar-refractivity contribution is 7.99. The zero-order valence-electron chi connectivity index (χ0n) is 13.8. The molecule has 1 saturated heterocycles. The highest BCUT2D eigenvalue weighted by Crippen LogP contribution is 2.24. The standard InChI is InChI=1S/C18H23N3OS/c1-14-6-7-15(2)16(12-14)21-11-8-19-18(21)23-13-17(22)20-9-4-3-5-10-20/h6-8,11-12H,3-5,9-10,13H2,1-2H3. The lowest BCUT2D eigenvalue weighted by atomic mass is 10.1. The quantitative estimate of drug-likeness (QED) is 0.805. The summed E-state index contributed by atoms with van der Waals surface area (Å²) in [7, 11) is 0. The zero-order chi connectivity index (χ0) is 16.2. The van der Waals surface area contributed by atoms with Crippen LogP contribution in [0.15, 0.2) is 35.7 Å². The van der Waals surface area contributed by atoms with Gasteiger partial charge in [0, 0.05) is 25.5 Å². The molecule has 0 atom stereocenters. The predicted molar refractivity (Wildman–Crippen MR) is 94.2 cm³/mol. The maximum atomic E-state index is 12.3. The second kappa shape index (κ2) is 7.21. The van der Waals surface area contributed by atoms with Crippen LogP contribution < -0.4 is 0 Å². The van der Waals surface area contributed by atoms with E-state index in [0.717, 1.165) is 36.8 Å². The number of hydrogen-bond acceptors (Lipinski definition) is 3. The molecule has 0 unspecified atom stereocenters. The molecule has 0 bridgehead atoms. The first kappa shape index (κ1) is 16.1. The largest absolute Gasteiger partial charge is 0.342 e. The highest BCUT2D eigenvalue weighted by Gasteiger charge is 2.18. The molecule has 1 aliphatic heterocycles. The average molecular weight is 329 g/mol. The van der Waals surface area contributed by atoms with Gasteiger partial charge in [-0.25, -0.2) is 4.98 Å². The lowest BCUT2D eigenvalue weighted by molar-refractivity contribution is -0.129. The number of piperidine rings is 1. The van der Waals surface area contributed by atoms with Crippen LogP contribution in [0.25, 0.3) is 5.69 Å². The van der Waals surface area contributed by atoms with Gasteiger partial charge in [0.2, 0.25) is 5.91 Å². The van der Waals surface area contributed by atoms with E-state index in [4.69, 9.17) is 0 Å². The van der Waals surface area contributed by atoms with Crippen LogP contribution in [0.5, 0.6) is 0 Å². The fraction of sp³-hybridized carbons (Fsp3) is 0.444. The maximum absolute atomic E-state index is 12.3. The molecule has 0 radical (unpaired) electrons. The monoisotopic (exact) mass is 329 g/mol. The van der Waals surface area contributed by atoms with Gasteiger partial charge in [0.05, 0.1) is 11.4 Å². The van der Waals surface area contributed by atoms with Gasteiger partial charge in [-0.1, -0.05) is 23.9 Å². The number of rotatable bonds is 4. The minimum atomic E-state index is 0.227. The van der Waals surface area contributed by atoms with Crippen LogP contribution in [0.4, 0.5) is 0 Å². The number of benzene rings is 1. The Morgan fingerprint density at radius 2 is 2.00 bits per heavy atom. The van der Waals surface area contributed by atoms with E-state index in [-0.39, 0.29) is 5.91 Å². The van der Waals surface area contributed by atoms with Crippen LogP contribution in [0.3, 0.4) is 0 Å². The van der Waals surface area contributed by atoms with Crippen molar-refractivity contribution < 1.29 is 4.79 Å². The summed E-state index contributed by atoms with van der Waals surface area (Å²) in [5, 5.41) is 0.879. The van der Waals surface area contributed by atoms with Crippen LogP contribution in [0.1, 0.15) is 30.4 Å². The number of amides is 1. The molecule has 1 aliphatic rings. The Kier molecular flexibility index (Phi) is 5.06. The van der Waals surface area contributed by atoms with E-state index in [0.29, 0.717) is 5.75 Å². The van der Waals surface area contributed by atoms with E-state index in [1.807, 2.05) is 11.1 Å². The van der Waals surface area contributed by atoms with E-state index in [2.05, 4.69) is 41.6 Å². The van der Waals surface area contributed by atoms with Crippen molar-refractivity contribution >= 4 is 17.7 Å². The van der Waals surface area contributed by atoms with E-state index in [1.165, 1.54) is 29.3 Å². The lowest BCUT2D eigenvalue weighted by Crippen LogP contribution is -2.36. The van der Waals surface area contributed by atoms with Crippen molar-refractivity contribution in [2.75, 3.05) is 18.8 Å². The SMILES string of the molecule is Cc1ccc(C)c(-n2ccnc2SCC(=O)N2CCCCC2)c1. The molecule has 0 saturated carbocycles. The number of carbonyl (C=O) groups is 1. The second-order valence-electron chi connectivity index (χ2n) is 6.10. The van der Waals surface area contributed by atoms with Crippen LogP contribution in [-0.4, -0.2) is 39.2 Å². The van der Waals surface area contributed by atoms with Crippen LogP contribution in [0.2, 0.25) is 0 Å². The molecule has 1 aromatic heterocycles. The smallest absolute Gasteiger partial charge is 0.233 e. The number of hydrogen-bond donors (Lipinski definition) is 0. The zero-order valence-corrected chi connectivity index (χ0v) is 14.6. The van der Waals surface area contributed by atoms with Gasteiger partial charge in [-0.3, -0.25) is 9.36 Å². The number of thioether (sulfide) groups is 1. The molecule has 23 heavy (non-hydrogen) atoms. The number of carbonyl (C=O) groups excluding carboxylic acids is 1. The Morgan fingerprint density at radius 3 is 2.78 bits per heavy atom. The first-order chi connectivity index (χ1) is 11.1. The molecule has 0 N–H and O–H groups in total. The van der Waals surface area contributed by atoms with E-state index in [9.17, 15) is 4.79 Å². The van der Waals surface area contributed by atoms with Gasteiger partial charge in [0.25, 0.3) is 0 Å². The molecule has 3 rings (SSSR count). The number of aromatic nitrogens is 2. The van der Waals surface area contributed by atoms with Gasteiger partial charge in [0.15, 0.2) is 5.16 Å². The molecule has 0 aliphatic carbocycles. The third-order valence-corrected chi connectivity index (χ3v) is 5.22. The van der Waals surface area contributed by atoms with Gasteiger partial charge in [0.1, 0.15) is 0 Å². The fourth-order valence-electron chi connectivity index (χ4n) is 2.92. The van der Waals surface area contributed by atoms with Crippen molar-refractivity contribution in [3.63, 3.8) is 0 Å². The van der Waals surface area contributed by atoms with Crippen LogP contribution >= 0.6 is 11.8 Å². The number of imidazole rings is 1. The molecule has 1 amide bonds. The van der Waals surface area contributed by atoms with Crippen molar-refractivity contribution in [3.05, 3.63) is 41.7 Å². The summed E-state index contributed by atoms with van der Waals surface area (Å²) in [6, 6.07) is 6.40. The van der Waals surface area contributed by atoms with Crippen molar-refractivity contribution in [2.24, 2.45) is 0 Å². The minimum Gasteiger partial charge on any atom is -0.342 e. The van der Waals surface area contributed by atoms with E-state index in [1.54, 1.807) is 6.20 Å². The van der Waals surface area contributed by atoms with Crippen molar-refractivity contribution in [1.29, 1.82) is 0 Å². The third-order valence-electron chi connectivity index (χ3n) is 4.26. The molecule has 1 fully saturated rings. The van der Waals surface area contributed by atoms with E-state index < -0.39 is 0 Å². The van der Waals surface area contributed by atoms with Gasteiger partial charge in [-0.2, -0.15) is 0 Å². The highest BCUT2D eigenvalue weighted by atomic mass is 32.2. The van der Waals surface area contributed by atoms with Gasteiger partial charge >= 0.3 is 0 Å². The van der Waals surface area contributed by atoms with E-state index >= 15 is 0 Å². The number of likely N-dealkylation sites (tertiary alicyclic amines) is 1. The Balaban J connectivity index is 1.71. The Labute approximate surface area is 141 Å². The number of nitrogens with zero attached hydrogens (tertiary/aromatic N) is 3. The lowest BCUT2D eigenvalue weighted by Gasteiger charge is -2.26. The summed E-state index contributed by atoms with van der Waals surface area (Å²) < 4.78 is 2.08. The van der Waals surface area contributed by atoms with Crippen LogP contribution in [-0.2, 0) is 4.79 Å². The maximum Gasteiger partial charge on any atom is 0.233 e. The summed E-state index contributed by atoms with van der Waals surface area (Å²) in [6.07, 6.45) is 7.28. The normalized spacial score (nSPS) is 15.0. The molecular formula is C18H23N3OS. The van der Waals surface area contributed by atoms with Crippen LogP contribution in [0, 0.1) is 13.8 Å². The summed E-state index contributed by atoms with van der Waals surface area (Å²) in [5.41, 5.74) is 3.56. The summed E-state index contributed by atoms with van der Waals surface area (Å²) in [5.74, 6) is 0.687. The third kappa shape index (κ3) is 3.78. The number of aryl methyl sites for hydroxylation is 2. The molecular weight excluding hydrogens is 306 g/mol. The fourth-order valence-corrected chi connectivity index (χ4v) is 3.79. The first-order valence-electron chi connectivity index (χ1n) is 8.17. The van der Waals surface area contributed by atoms with Crippen molar-refractivity contribution in [2.45, 2.75) is 38.3 Å².